The molecule has 0 aliphatic carbocycles. The summed E-state index contributed by atoms with van der Waals surface area (Å²) in [6.45, 7) is 5.41. The van der Waals surface area contributed by atoms with E-state index < -0.39 is 9.84 Å². The molecule has 0 unspecified atom stereocenters. The molecule has 6 nitrogen and oxygen atoms in total. The van der Waals surface area contributed by atoms with Gasteiger partial charge in [-0.15, -0.1) is 0 Å². The van der Waals surface area contributed by atoms with Gasteiger partial charge < -0.3 is 4.74 Å². The van der Waals surface area contributed by atoms with Gasteiger partial charge in [-0.1, -0.05) is 11.6 Å². The molecule has 0 amide bonds. The average Bonchev–Trinajstić information content (AvgIpc) is 3.08. The Labute approximate surface area is 166 Å². The topological polar surface area (TPSA) is 64.4 Å². The fraction of sp³-hybridized carbons (Fsp3) is 0.526. The summed E-state index contributed by atoms with van der Waals surface area (Å²) < 4.78 is 31.0. The van der Waals surface area contributed by atoms with Crippen LogP contribution in [0.3, 0.4) is 0 Å². The van der Waals surface area contributed by atoms with Crippen molar-refractivity contribution in [3.8, 4) is 5.75 Å². The van der Waals surface area contributed by atoms with Crippen molar-refractivity contribution >= 4 is 21.4 Å². The molecular weight excluding hydrogens is 386 g/mol. The van der Waals surface area contributed by atoms with Crippen LogP contribution in [0.2, 0.25) is 5.02 Å². The Hall–Kier alpha value is -1.57. The number of ether oxygens (including phenoxy) is 1. The summed E-state index contributed by atoms with van der Waals surface area (Å²) in [5.74, 6) is 1.25. The first kappa shape index (κ1) is 20.2. The van der Waals surface area contributed by atoms with E-state index in [1.165, 1.54) is 0 Å². The molecule has 2 aromatic rings. The van der Waals surface area contributed by atoms with Crippen LogP contribution in [0.4, 0.5) is 0 Å². The lowest BCUT2D eigenvalue weighted by molar-refractivity contribution is 0.308. The molecule has 8 heteroatoms. The number of hydrogen-bond acceptors (Lipinski definition) is 5. The number of methoxy groups -OCH3 is 1. The van der Waals surface area contributed by atoms with Crippen LogP contribution in [0.1, 0.15) is 35.0 Å². The zero-order valence-electron chi connectivity index (χ0n) is 16.2. The maximum absolute atomic E-state index is 11.8. The number of halogens is 1. The second-order valence-corrected chi connectivity index (χ2v) is 9.94. The van der Waals surface area contributed by atoms with Gasteiger partial charge in [0.05, 0.1) is 30.4 Å². The summed E-state index contributed by atoms with van der Waals surface area (Å²) in [5, 5.41) is 5.33. The smallest absolute Gasteiger partial charge is 0.152 e. The molecule has 3 rings (SSSR count). The Morgan fingerprint density at radius 2 is 2.07 bits per heavy atom. The third kappa shape index (κ3) is 4.47. The molecular formula is C19H26ClN3O3S. The van der Waals surface area contributed by atoms with Gasteiger partial charge in [-0.05, 0) is 45.5 Å². The largest absolute Gasteiger partial charge is 0.496 e. The highest BCUT2D eigenvalue weighted by Crippen LogP contribution is 2.28. The first-order valence-corrected chi connectivity index (χ1v) is 11.2. The van der Waals surface area contributed by atoms with Gasteiger partial charge in [-0.25, -0.2) is 8.42 Å². The molecule has 0 N–H and O–H groups in total. The average molecular weight is 412 g/mol. The van der Waals surface area contributed by atoms with Crippen LogP contribution in [-0.2, 0) is 22.9 Å². The Bertz CT molecular complexity index is 940. The van der Waals surface area contributed by atoms with Crippen LogP contribution in [0, 0.1) is 13.8 Å². The molecule has 148 valence electrons. The molecule has 1 aromatic carbocycles. The third-order valence-corrected chi connectivity index (χ3v) is 7.13. The van der Waals surface area contributed by atoms with E-state index in [4.69, 9.17) is 16.3 Å². The van der Waals surface area contributed by atoms with Crippen molar-refractivity contribution in [3.63, 3.8) is 0 Å². The molecule has 0 saturated carbocycles. The van der Waals surface area contributed by atoms with Crippen molar-refractivity contribution in [1.82, 2.24) is 14.7 Å². The number of aryl methyl sites for hydroxylation is 1. The molecule has 0 radical (unpaired) electrons. The van der Waals surface area contributed by atoms with E-state index in [9.17, 15) is 8.42 Å². The highest BCUT2D eigenvalue weighted by atomic mass is 35.5. The van der Waals surface area contributed by atoms with E-state index in [1.54, 1.807) is 7.11 Å². The first-order valence-electron chi connectivity index (χ1n) is 8.96. The fourth-order valence-electron chi connectivity index (χ4n) is 3.74. The molecule has 27 heavy (non-hydrogen) atoms. The normalized spacial score (nSPS) is 19.0. The second kappa shape index (κ2) is 7.81. The predicted octanol–water partition coefficient (Wildman–Crippen LogP) is 3.15. The monoisotopic (exact) mass is 411 g/mol. The maximum Gasteiger partial charge on any atom is 0.152 e. The number of hydrogen-bond donors (Lipinski definition) is 0. The summed E-state index contributed by atoms with van der Waals surface area (Å²) in [4.78, 5) is 2.18. The number of sulfone groups is 1. The molecule has 1 aromatic heterocycles. The lowest BCUT2D eigenvalue weighted by Crippen LogP contribution is -2.19. The second-order valence-electron chi connectivity index (χ2n) is 7.28. The van der Waals surface area contributed by atoms with E-state index >= 15 is 0 Å². The van der Waals surface area contributed by atoms with Crippen LogP contribution >= 0.6 is 11.6 Å². The molecule has 2 heterocycles. The van der Waals surface area contributed by atoms with Gasteiger partial charge >= 0.3 is 0 Å². The lowest BCUT2D eigenvalue weighted by atomic mass is 10.1. The zero-order valence-corrected chi connectivity index (χ0v) is 17.8. The van der Waals surface area contributed by atoms with Gasteiger partial charge in [-0.2, -0.15) is 5.10 Å². The number of aromatic nitrogens is 2. The molecule has 1 saturated heterocycles. The molecule has 1 aliphatic heterocycles. The molecule has 0 spiro atoms. The minimum Gasteiger partial charge on any atom is -0.496 e. The fourth-order valence-corrected chi connectivity index (χ4v) is 5.62. The lowest BCUT2D eigenvalue weighted by Gasteiger charge is -2.19. The van der Waals surface area contributed by atoms with E-state index in [-0.39, 0.29) is 17.5 Å². The van der Waals surface area contributed by atoms with Crippen molar-refractivity contribution in [2.45, 2.75) is 39.4 Å². The van der Waals surface area contributed by atoms with Crippen molar-refractivity contribution in [1.29, 1.82) is 0 Å². The standard InChI is InChI=1S/C19H26ClN3O3S/c1-13-18(14(2)23(21-13)17-7-8-27(24,25)12-17)11-22(3)10-15-9-16(20)5-6-19(15)26-4/h5-6,9,17H,7-8,10-12H2,1-4H3/t17-/m0/s1. The summed E-state index contributed by atoms with van der Waals surface area (Å²) in [6, 6.07) is 5.56. The SMILES string of the molecule is COc1ccc(Cl)cc1CN(C)Cc1c(C)nn([C@H]2CCS(=O)(=O)C2)c1C. The third-order valence-electron chi connectivity index (χ3n) is 5.14. The van der Waals surface area contributed by atoms with Crippen LogP contribution in [-0.4, -0.2) is 48.8 Å². The molecule has 0 bridgehead atoms. The van der Waals surface area contributed by atoms with Gasteiger partial charge in [-0.3, -0.25) is 9.58 Å². The summed E-state index contributed by atoms with van der Waals surface area (Å²) in [6.07, 6.45) is 0.638. The van der Waals surface area contributed by atoms with E-state index in [0.717, 1.165) is 28.3 Å². The molecule has 1 aliphatic rings. The van der Waals surface area contributed by atoms with E-state index in [2.05, 4.69) is 10.00 Å². The number of nitrogens with zero attached hydrogens (tertiary/aromatic N) is 3. The maximum atomic E-state index is 11.8. The Kier molecular flexibility index (Phi) is 5.84. The van der Waals surface area contributed by atoms with Gasteiger partial charge in [0.25, 0.3) is 0 Å². The zero-order chi connectivity index (χ0) is 19.8. The number of rotatable bonds is 6. The number of benzene rings is 1. The van der Waals surface area contributed by atoms with Crippen molar-refractivity contribution < 1.29 is 13.2 Å². The molecule has 1 fully saturated rings. The highest BCUT2D eigenvalue weighted by Gasteiger charge is 2.31. The van der Waals surface area contributed by atoms with Gasteiger partial charge in [0.1, 0.15) is 5.75 Å². The quantitative estimate of drug-likeness (QED) is 0.730. The summed E-state index contributed by atoms with van der Waals surface area (Å²) in [7, 11) is 0.755. The first-order chi connectivity index (χ1) is 12.7. The van der Waals surface area contributed by atoms with E-state index in [1.807, 2.05) is 43.8 Å². The Balaban J connectivity index is 1.77. The Morgan fingerprint density at radius 1 is 1.33 bits per heavy atom. The van der Waals surface area contributed by atoms with Gasteiger partial charge in [0, 0.05) is 34.9 Å². The van der Waals surface area contributed by atoms with E-state index in [0.29, 0.717) is 24.5 Å². The minimum atomic E-state index is -2.94. The van der Waals surface area contributed by atoms with Crippen LogP contribution in [0.25, 0.3) is 0 Å². The predicted molar refractivity (Wildman–Crippen MR) is 107 cm³/mol. The minimum absolute atomic E-state index is 0.0548. The van der Waals surface area contributed by atoms with Crippen molar-refractivity contribution in [2.24, 2.45) is 0 Å². The summed E-state index contributed by atoms with van der Waals surface area (Å²) >= 11 is 6.13. The summed E-state index contributed by atoms with van der Waals surface area (Å²) in [5.41, 5.74) is 4.15. The van der Waals surface area contributed by atoms with Crippen LogP contribution < -0.4 is 4.74 Å². The highest BCUT2D eigenvalue weighted by molar-refractivity contribution is 7.91. The Morgan fingerprint density at radius 3 is 2.70 bits per heavy atom. The van der Waals surface area contributed by atoms with Crippen molar-refractivity contribution in [2.75, 3.05) is 25.7 Å². The van der Waals surface area contributed by atoms with Crippen LogP contribution in [0.15, 0.2) is 18.2 Å². The molecule has 1 atom stereocenters. The van der Waals surface area contributed by atoms with Gasteiger partial charge in [0.2, 0.25) is 0 Å². The van der Waals surface area contributed by atoms with Crippen molar-refractivity contribution in [3.05, 3.63) is 45.7 Å². The van der Waals surface area contributed by atoms with Gasteiger partial charge in [0.15, 0.2) is 9.84 Å². The van der Waals surface area contributed by atoms with Crippen LogP contribution in [0.5, 0.6) is 5.75 Å².